The van der Waals surface area contributed by atoms with Gasteiger partial charge in [0.05, 0.1) is 5.56 Å². The summed E-state index contributed by atoms with van der Waals surface area (Å²) in [5.74, 6) is 0.171. The molecule has 7 nitrogen and oxygen atoms in total. The number of anilines is 1. The fourth-order valence-electron chi connectivity index (χ4n) is 2.37. The van der Waals surface area contributed by atoms with Gasteiger partial charge in [-0.3, -0.25) is 4.79 Å². The normalized spacial score (nSPS) is 10.2. The summed E-state index contributed by atoms with van der Waals surface area (Å²) in [5, 5.41) is 15.2. The van der Waals surface area contributed by atoms with Crippen molar-refractivity contribution in [3.05, 3.63) is 65.5 Å². The maximum atomic E-state index is 12.1. The first-order chi connectivity index (χ1) is 11.3. The molecule has 0 fully saturated rings. The number of hydrogen-bond donors (Lipinski definition) is 2. The van der Waals surface area contributed by atoms with Crippen LogP contribution in [0.3, 0.4) is 0 Å². The summed E-state index contributed by atoms with van der Waals surface area (Å²) in [6.45, 7) is 1.21. The Labute approximate surface area is 132 Å². The van der Waals surface area contributed by atoms with Crippen LogP contribution < -0.4 is 10.7 Å². The first-order valence-corrected chi connectivity index (χ1v) is 7.16. The first-order valence-electron chi connectivity index (χ1n) is 7.16. The van der Waals surface area contributed by atoms with Crippen molar-refractivity contribution in [2.24, 2.45) is 0 Å². The molecule has 0 saturated heterocycles. The molecule has 0 radical (unpaired) electrons. The molecule has 2 aromatic heterocycles. The van der Waals surface area contributed by atoms with E-state index in [-0.39, 0.29) is 5.91 Å². The van der Waals surface area contributed by atoms with Crippen LogP contribution in [0.25, 0.3) is 16.0 Å². The Bertz CT molecular complexity index is 862. The third kappa shape index (κ3) is 3.27. The smallest absolute Gasteiger partial charge is 0.309 e. The number of carbonyl (C=O) groups excluding carboxylic acids is 1. The van der Waals surface area contributed by atoms with Crippen molar-refractivity contribution in [2.45, 2.75) is 6.54 Å². The van der Waals surface area contributed by atoms with E-state index in [1.807, 2.05) is 18.3 Å². The minimum Gasteiger partial charge on any atom is -0.350 e. The Morgan fingerprint density at radius 2 is 2.09 bits per heavy atom. The molecule has 1 aromatic carbocycles. The molecule has 3 rings (SSSR count). The summed E-state index contributed by atoms with van der Waals surface area (Å²) in [4.78, 5) is 16.0. The molecule has 2 N–H and O–H groups in total. The second-order valence-corrected chi connectivity index (χ2v) is 4.97. The second-order valence-electron chi connectivity index (χ2n) is 4.97. The number of fused-ring (bicyclic) bond motifs is 1. The summed E-state index contributed by atoms with van der Waals surface area (Å²) in [6, 6.07) is 13.3. The van der Waals surface area contributed by atoms with Gasteiger partial charge in [-0.1, -0.05) is 18.2 Å². The zero-order valence-electron chi connectivity index (χ0n) is 12.3. The molecule has 0 aliphatic heterocycles. The van der Waals surface area contributed by atoms with Gasteiger partial charge in [-0.05, 0) is 29.7 Å². The number of pyridine rings is 1. The van der Waals surface area contributed by atoms with Crippen LogP contribution in [0.4, 0.5) is 5.82 Å². The number of para-hydroxylation sites is 1. The molecule has 0 aliphatic rings. The molecule has 0 unspecified atom stereocenters. The Kier molecular flexibility index (Phi) is 4.16. The van der Waals surface area contributed by atoms with Crippen LogP contribution in [-0.2, 0) is 6.54 Å². The molecule has 0 atom stereocenters. The van der Waals surface area contributed by atoms with Crippen molar-refractivity contribution in [3.63, 3.8) is 0 Å². The van der Waals surface area contributed by atoms with Crippen molar-refractivity contribution < 1.29 is 4.79 Å². The summed E-state index contributed by atoms with van der Waals surface area (Å²) in [7, 11) is 0. The van der Waals surface area contributed by atoms with Crippen LogP contribution in [0.2, 0.25) is 0 Å². The number of hydrogen-bond acceptors (Lipinski definition) is 4. The van der Waals surface area contributed by atoms with Gasteiger partial charge in [0.1, 0.15) is 0 Å². The summed E-state index contributed by atoms with van der Waals surface area (Å²) in [5.41, 5.74) is 3.88. The van der Waals surface area contributed by atoms with Gasteiger partial charge in [0, 0.05) is 36.4 Å². The van der Waals surface area contributed by atoms with E-state index in [1.54, 1.807) is 12.1 Å². The Morgan fingerprint density at radius 3 is 2.87 bits per heavy atom. The number of nitrogens with one attached hydrogen (secondary N) is 2. The van der Waals surface area contributed by atoms with Gasteiger partial charge in [-0.25, -0.2) is 4.98 Å². The topological polar surface area (TPSA) is 87.1 Å². The quantitative estimate of drug-likeness (QED) is 0.560. The minimum absolute atomic E-state index is 0.193. The first kappa shape index (κ1) is 14.5. The van der Waals surface area contributed by atoms with Gasteiger partial charge in [0.25, 0.3) is 11.3 Å². The summed E-state index contributed by atoms with van der Waals surface area (Å²) >= 11 is 0. The molecule has 114 valence electrons. The highest BCUT2D eigenvalue weighted by atomic mass is 16.1. The van der Waals surface area contributed by atoms with Crippen LogP contribution in [0, 0.1) is 5.39 Å². The fourth-order valence-corrected chi connectivity index (χ4v) is 2.37. The summed E-state index contributed by atoms with van der Waals surface area (Å²) in [6.07, 6.45) is 3.44. The van der Waals surface area contributed by atoms with Gasteiger partial charge < -0.3 is 9.88 Å². The Hall–Kier alpha value is -3.40. The average molecular weight is 307 g/mol. The maximum Gasteiger partial charge on any atom is 0.309 e. The molecule has 0 aliphatic carbocycles. The molecule has 0 bridgehead atoms. The zero-order chi connectivity index (χ0) is 16.1. The van der Waals surface area contributed by atoms with Gasteiger partial charge in [0.2, 0.25) is 5.82 Å². The van der Waals surface area contributed by atoms with Crippen molar-refractivity contribution in [1.29, 1.82) is 5.39 Å². The lowest BCUT2D eigenvalue weighted by molar-refractivity contribution is 0.0952. The lowest BCUT2D eigenvalue weighted by Crippen LogP contribution is -2.27. The van der Waals surface area contributed by atoms with E-state index >= 15 is 0 Å². The van der Waals surface area contributed by atoms with E-state index in [4.69, 9.17) is 5.39 Å². The third-order valence-electron chi connectivity index (χ3n) is 3.51. The second kappa shape index (κ2) is 6.58. The largest absolute Gasteiger partial charge is 0.350 e. The van der Waals surface area contributed by atoms with E-state index in [2.05, 4.69) is 43.6 Å². The number of nitrogens with zero attached hydrogens (tertiary/aromatic N) is 4. The predicted octanol–water partition coefficient (Wildman–Crippen LogP) is 2.65. The highest BCUT2D eigenvalue weighted by Crippen LogP contribution is 2.14. The van der Waals surface area contributed by atoms with Gasteiger partial charge >= 0.3 is 5.08 Å². The molecular weight excluding hydrogens is 292 g/mol. The molecule has 0 spiro atoms. The number of amides is 1. The van der Waals surface area contributed by atoms with E-state index in [1.165, 1.54) is 11.6 Å². The van der Waals surface area contributed by atoms with Crippen LogP contribution in [0.1, 0.15) is 10.4 Å². The van der Waals surface area contributed by atoms with Crippen LogP contribution in [0.5, 0.6) is 0 Å². The van der Waals surface area contributed by atoms with Crippen LogP contribution in [-0.4, -0.2) is 22.0 Å². The average Bonchev–Trinajstić information content (AvgIpc) is 2.99. The zero-order valence-corrected chi connectivity index (χ0v) is 12.3. The minimum atomic E-state index is -0.193. The third-order valence-corrected chi connectivity index (χ3v) is 3.51. The van der Waals surface area contributed by atoms with Crippen molar-refractivity contribution in [1.82, 2.24) is 14.9 Å². The van der Waals surface area contributed by atoms with Gasteiger partial charge in [-0.2, -0.15) is 0 Å². The fraction of sp³-hybridized carbons (Fsp3) is 0.125. The summed E-state index contributed by atoms with van der Waals surface area (Å²) < 4.78 is 2.10. The lowest BCUT2D eigenvalue weighted by Gasteiger charge is -2.07. The van der Waals surface area contributed by atoms with Crippen LogP contribution >= 0.6 is 0 Å². The predicted molar refractivity (Wildman–Crippen MR) is 87.2 cm³/mol. The SMILES string of the molecule is N#[N+]Nc1ccc(C(=O)NCCn2ccc3ccccc32)cn1. The van der Waals surface area contributed by atoms with E-state index in [0.717, 1.165) is 5.52 Å². The molecule has 2 heterocycles. The Morgan fingerprint density at radius 1 is 1.22 bits per heavy atom. The van der Waals surface area contributed by atoms with Gasteiger partial charge in [0.15, 0.2) is 0 Å². The van der Waals surface area contributed by atoms with Crippen molar-refractivity contribution in [3.8, 4) is 0 Å². The number of diazo groups is 1. The highest BCUT2D eigenvalue weighted by Gasteiger charge is 2.07. The molecule has 23 heavy (non-hydrogen) atoms. The molecule has 3 aromatic rings. The monoisotopic (exact) mass is 307 g/mol. The number of aromatic nitrogens is 2. The molecule has 0 saturated carbocycles. The van der Waals surface area contributed by atoms with E-state index in [0.29, 0.717) is 24.5 Å². The maximum absolute atomic E-state index is 12.1. The molecular formula is C16H15N6O+. The lowest BCUT2D eigenvalue weighted by atomic mass is 10.2. The number of rotatable bonds is 5. The van der Waals surface area contributed by atoms with Crippen molar-refractivity contribution in [2.75, 3.05) is 12.0 Å². The van der Waals surface area contributed by atoms with Gasteiger partial charge in [-0.15, -0.1) is 0 Å². The molecule has 7 heteroatoms. The molecule has 1 amide bonds. The Balaban J connectivity index is 1.58. The standard InChI is InChI=1S/C16H14N6O/c17-21-20-15-6-5-13(11-19-15)16(23)18-8-10-22-9-7-12-3-1-2-4-14(12)22/h1-7,9,11H,8,10H2,(H-,18,19,20,23)/p+1. The number of carbonyl (C=O) groups is 1. The number of benzene rings is 1. The van der Waals surface area contributed by atoms with E-state index < -0.39 is 0 Å². The van der Waals surface area contributed by atoms with Crippen molar-refractivity contribution >= 4 is 22.6 Å². The van der Waals surface area contributed by atoms with Crippen LogP contribution in [0.15, 0.2) is 54.9 Å². The highest BCUT2D eigenvalue weighted by molar-refractivity contribution is 5.94. The van der Waals surface area contributed by atoms with E-state index in [9.17, 15) is 4.79 Å².